The van der Waals surface area contributed by atoms with Crippen molar-refractivity contribution < 1.29 is 23.9 Å². The Kier molecular flexibility index (Phi) is 7.96. The number of nitrogens with two attached hydrogens (primary N) is 1. The lowest BCUT2D eigenvalue weighted by molar-refractivity contribution is -0.148. The first kappa shape index (κ1) is 28.3. The van der Waals surface area contributed by atoms with E-state index in [9.17, 15) is 14.4 Å². The van der Waals surface area contributed by atoms with Gasteiger partial charge in [-0.15, -0.1) is 11.3 Å². The van der Waals surface area contributed by atoms with E-state index in [2.05, 4.69) is 16.4 Å². The second-order valence-electron chi connectivity index (χ2n) is 11.3. The number of aromatic nitrogens is 2. The molecule has 3 aromatic heterocycles. The first-order valence-corrected chi connectivity index (χ1v) is 15.4. The number of hydrogen-bond donors (Lipinski definition) is 2. The molecule has 2 amide bonds. The number of carbonyl (C=O) groups is 3. The molecular formula is C31H35N5O5S. The highest BCUT2D eigenvalue weighted by Crippen LogP contribution is 2.46. The van der Waals surface area contributed by atoms with Crippen molar-refractivity contribution >= 4 is 39.3 Å². The Morgan fingerprint density at radius 1 is 1.19 bits per heavy atom. The van der Waals surface area contributed by atoms with Crippen molar-refractivity contribution in [2.45, 2.75) is 68.7 Å². The molecule has 1 saturated carbocycles. The van der Waals surface area contributed by atoms with Crippen LogP contribution in [0.15, 0.2) is 54.1 Å². The van der Waals surface area contributed by atoms with Gasteiger partial charge in [0, 0.05) is 24.6 Å². The zero-order valence-electron chi connectivity index (χ0n) is 23.5. The van der Waals surface area contributed by atoms with E-state index in [-0.39, 0.29) is 24.8 Å². The van der Waals surface area contributed by atoms with E-state index in [1.165, 1.54) is 23.3 Å². The number of allylic oxidation sites excluding steroid dienone is 1. The Balaban J connectivity index is 1.29. The highest BCUT2D eigenvalue weighted by atomic mass is 32.1. The molecule has 0 aromatic carbocycles. The lowest BCUT2D eigenvalue weighted by Gasteiger charge is -2.28. The molecule has 0 bridgehead atoms. The maximum atomic E-state index is 13.8. The van der Waals surface area contributed by atoms with Gasteiger partial charge in [0.1, 0.15) is 23.4 Å². The number of rotatable bonds is 4. The SMILES string of the molecule is COC(=O)[C@@]12C[C@H]1C=CCCCCC[C@H](N)C(=O)N1C[C@H](Oc3cc(-c4ccccn4)nc4ccsc34)C[C@H]1C(=O)N2. The maximum absolute atomic E-state index is 13.8. The Hall–Kier alpha value is -3.83. The molecule has 2 fully saturated rings. The molecule has 5 atom stereocenters. The molecule has 11 heteroatoms. The summed E-state index contributed by atoms with van der Waals surface area (Å²) in [6, 6.07) is 7.88. The number of thiophene rings is 1. The summed E-state index contributed by atoms with van der Waals surface area (Å²) in [5.74, 6) is -0.678. The second kappa shape index (κ2) is 11.8. The Bertz CT molecular complexity index is 1510. The molecule has 1 aliphatic carbocycles. The number of pyridine rings is 2. The fourth-order valence-electron chi connectivity index (χ4n) is 6.05. The van der Waals surface area contributed by atoms with E-state index in [0.29, 0.717) is 24.3 Å². The number of nitrogens with zero attached hydrogens (tertiary/aromatic N) is 3. The largest absolute Gasteiger partial charge is 0.487 e. The van der Waals surface area contributed by atoms with Crippen molar-refractivity contribution in [1.29, 1.82) is 0 Å². The number of hydrogen-bond acceptors (Lipinski definition) is 9. The van der Waals surface area contributed by atoms with E-state index < -0.39 is 35.6 Å². The zero-order valence-corrected chi connectivity index (χ0v) is 24.3. The van der Waals surface area contributed by atoms with Gasteiger partial charge < -0.3 is 25.4 Å². The first-order valence-electron chi connectivity index (χ1n) is 14.5. The number of amides is 2. The number of carbonyl (C=O) groups excluding carboxylic acids is 3. The number of ether oxygens (including phenoxy) is 2. The van der Waals surface area contributed by atoms with Crippen LogP contribution < -0.4 is 15.8 Å². The van der Waals surface area contributed by atoms with Crippen LogP contribution in [0, 0.1) is 5.92 Å². The minimum Gasteiger partial charge on any atom is -0.487 e. The van der Waals surface area contributed by atoms with Gasteiger partial charge in [-0.2, -0.15) is 0 Å². The van der Waals surface area contributed by atoms with Crippen molar-refractivity contribution in [3.63, 3.8) is 0 Å². The molecule has 3 aromatic rings. The summed E-state index contributed by atoms with van der Waals surface area (Å²) >= 11 is 1.52. The van der Waals surface area contributed by atoms with Crippen molar-refractivity contribution in [1.82, 2.24) is 20.2 Å². The van der Waals surface area contributed by atoms with E-state index in [1.54, 1.807) is 6.20 Å². The quantitative estimate of drug-likeness (QED) is 0.348. The third-order valence-electron chi connectivity index (χ3n) is 8.43. The summed E-state index contributed by atoms with van der Waals surface area (Å²) in [6.45, 7) is 0.202. The van der Waals surface area contributed by atoms with Crippen molar-refractivity contribution in [3.8, 4) is 17.1 Å². The average Bonchev–Trinajstić information content (AvgIpc) is 3.31. The molecule has 0 unspecified atom stereocenters. The van der Waals surface area contributed by atoms with Gasteiger partial charge in [-0.05, 0) is 49.3 Å². The monoisotopic (exact) mass is 589 g/mol. The van der Waals surface area contributed by atoms with Gasteiger partial charge in [-0.25, -0.2) is 9.78 Å². The van der Waals surface area contributed by atoms with Crippen LogP contribution in [-0.2, 0) is 19.1 Å². The van der Waals surface area contributed by atoms with Crippen LogP contribution in [0.3, 0.4) is 0 Å². The highest BCUT2D eigenvalue weighted by Gasteiger charge is 2.62. The molecule has 220 valence electrons. The Morgan fingerprint density at radius 2 is 2.07 bits per heavy atom. The third-order valence-corrected chi connectivity index (χ3v) is 9.35. The second-order valence-corrected chi connectivity index (χ2v) is 12.2. The summed E-state index contributed by atoms with van der Waals surface area (Å²) in [7, 11) is 1.32. The van der Waals surface area contributed by atoms with Crippen LogP contribution in [0.5, 0.6) is 5.75 Å². The third kappa shape index (κ3) is 5.50. The molecule has 5 heterocycles. The average molecular weight is 590 g/mol. The maximum Gasteiger partial charge on any atom is 0.332 e. The number of nitrogens with one attached hydrogen (secondary N) is 1. The van der Waals surface area contributed by atoms with Crippen LogP contribution in [0.4, 0.5) is 0 Å². The molecule has 2 aliphatic heterocycles. The van der Waals surface area contributed by atoms with Gasteiger partial charge in [0.15, 0.2) is 0 Å². The molecule has 42 heavy (non-hydrogen) atoms. The predicted molar refractivity (Wildman–Crippen MR) is 159 cm³/mol. The molecule has 10 nitrogen and oxygen atoms in total. The lowest BCUT2D eigenvalue weighted by Crippen LogP contribution is -2.55. The first-order chi connectivity index (χ1) is 20.4. The van der Waals surface area contributed by atoms with Crippen LogP contribution in [0.25, 0.3) is 21.6 Å². The Labute approximate surface area is 248 Å². The van der Waals surface area contributed by atoms with Gasteiger partial charge in [-0.3, -0.25) is 14.6 Å². The van der Waals surface area contributed by atoms with E-state index in [4.69, 9.17) is 20.2 Å². The van der Waals surface area contributed by atoms with E-state index in [0.717, 1.165) is 41.6 Å². The molecule has 0 radical (unpaired) electrons. The highest BCUT2D eigenvalue weighted by molar-refractivity contribution is 7.17. The zero-order chi connectivity index (χ0) is 29.3. The molecular weight excluding hydrogens is 554 g/mol. The number of methoxy groups -OCH3 is 1. The van der Waals surface area contributed by atoms with Gasteiger partial charge in [0.05, 0.1) is 41.3 Å². The van der Waals surface area contributed by atoms with Crippen molar-refractivity contribution in [2.24, 2.45) is 11.7 Å². The van der Waals surface area contributed by atoms with Crippen molar-refractivity contribution in [3.05, 3.63) is 54.1 Å². The van der Waals surface area contributed by atoms with Crippen LogP contribution >= 0.6 is 11.3 Å². The molecule has 3 aliphatic rings. The normalized spacial score (nSPS) is 28.3. The summed E-state index contributed by atoms with van der Waals surface area (Å²) < 4.78 is 12.5. The molecule has 0 spiro atoms. The fraction of sp³-hybridized carbons (Fsp3) is 0.452. The van der Waals surface area contributed by atoms with Gasteiger partial charge in [0.2, 0.25) is 11.8 Å². The van der Waals surface area contributed by atoms with Crippen LogP contribution in [-0.4, -0.2) is 70.0 Å². The van der Waals surface area contributed by atoms with Crippen molar-refractivity contribution in [2.75, 3.05) is 13.7 Å². The van der Waals surface area contributed by atoms with Gasteiger partial charge in [0.25, 0.3) is 0 Å². The smallest absolute Gasteiger partial charge is 0.332 e. The van der Waals surface area contributed by atoms with E-state index >= 15 is 0 Å². The summed E-state index contributed by atoms with van der Waals surface area (Å²) in [6.07, 6.45) is 10.2. The minimum atomic E-state index is -1.12. The minimum absolute atomic E-state index is 0.146. The van der Waals surface area contributed by atoms with Crippen LogP contribution in [0.2, 0.25) is 0 Å². The summed E-state index contributed by atoms with van der Waals surface area (Å²) in [4.78, 5) is 51.0. The lowest BCUT2D eigenvalue weighted by atomic mass is 10.1. The fourth-order valence-corrected chi connectivity index (χ4v) is 6.84. The molecule has 3 N–H and O–H groups in total. The number of fused-ring (bicyclic) bond motifs is 3. The topological polar surface area (TPSA) is 137 Å². The molecule has 1 saturated heterocycles. The van der Waals surface area contributed by atoms with Crippen LogP contribution in [0.1, 0.15) is 44.9 Å². The number of esters is 1. The summed E-state index contributed by atoms with van der Waals surface area (Å²) in [5.41, 5.74) is 7.43. The van der Waals surface area contributed by atoms with Gasteiger partial charge in [-0.1, -0.05) is 31.1 Å². The van der Waals surface area contributed by atoms with E-state index in [1.807, 2.05) is 41.8 Å². The Morgan fingerprint density at radius 3 is 2.88 bits per heavy atom. The molecule has 6 rings (SSSR count). The van der Waals surface area contributed by atoms with Gasteiger partial charge >= 0.3 is 5.97 Å². The standard InChI is InChI=1S/C31H35N5O5S/c1-40-30(39)31-17-19(31)9-5-3-2-4-6-10-21(32)29(38)36-18-20(15-25(36)28(37)35-31)41-26-16-24(22-11-7-8-13-33-22)34-23-12-14-42-27(23)26/h5,7-9,11-14,16,19-21,25H,2-4,6,10,15,17-18,32H2,1H3,(H,35,37)/t19-,20-,21+,25+,31-/m1/s1. The predicted octanol–water partition coefficient (Wildman–Crippen LogP) is 3.60. The summed E-state index contributed by atoms with van der Waals surface area (Å²) in [5, 5.41) is 4.92.